The van der Waals surface area contributed by atoms with Gasteiger partial charge in [-0.15, -0.1) is 0 Å². The maximum atomic E-state index is 13.7. The molecule has 0 heterocycles. The summed E-state index contributed by atoms with van der Waals surface area (Å²) in [5.74, 6) is -1.55. The van der Waals surface area contributed by atoms with Crippen molar-refractivity contribution in [1.29, 1.82) is 0 Å². The van der Waals surface area contributed by atoms with Crippen LogP contribution < -0.4 is 4.90 Å². The molecule has 0 amide bonds. The average molecular weight is 223 g/mol. The molecule has 0 aromatic heterocycles. The molecular weight excluding hydrogens is 209 g/mol. The van der Waals surface area contributed by atoms with E-state index in [0.29, 0.717) is 11.7 Å². The molecule has 0 aliphatic heterocycles. The monoisotopic (exact) mass is 223 g/mol. The van der Waals surface area contributed by atoms with E-state index >= 15 is 0 Å². The number of benzene rings is 1. The van der Waals surface area contributed by atoms with Crippen LogP contribution in [0.4, 0.5) is 10.1 Å². The molecule has 1 saturated carbocycles. The van der Waals surface area contributed by atoms with Crippen molar-refractivity contribution in [2.75, 3.05) is 11.4 Å². The summed E-state index contributed by atoms with van der Waals surface area (Å²) >= 11 is 0. The number of anilines is 1. The lowest BCUT2D eigenvalue weighted by molar-refractivity contribution is 0.0696. The first kappa shape index (κ1) is 10.9. The van der Waals surface area contributed by atoms with Crippen LogP contribution in [-0.2, 0) is 0 Å². The smallest absolute Gasteiger partial charge is 0.335 e. The first-order chi connectivity index (χ1) is 7.63. The molecule has 1 aromatic rings. The van der Waals surface area contributed by atoms with Gasteiger partial charge >= 0.3 is 5.97 Å². The normalized spacial score (nSPS) is 14.9. The van der Waals surface area contributed by atoms with Gasteiger partial charge in [-0.3, -0.25) is 0 Å². The zero-order chi connectivity index (χ0) is 11.7. The number of hydrogen-bond acceptors (Lipinski definition) is 2. The molecule has 3 nitrogen and oxygen atoms in total. The minimum Gasteiger partial charge on any atom is -0.478 e. The van der Waals surface area contributed by atoms with Crippen molar-refractivity contribution >= 4 is 11.7 Å². The van der Waals surface area contributed by atoms with Gasteiger partial charge in [-0.25, -0.2) is 9.18 Å². The second kappa shape index (κ2) is 4.12. The lowest BCUT2D eigenvalue weighted by Gasteiger charge is -2.23. The number of carboxylic acids is 1. The summed E-state index contributed by atoms with van der Waals surface area (Å²) in [5.41, 5.74) is 0.503. The maximum Gasteiger partial charge on any atom is 0.335 e. The fraction of sp³-hybridized carbons (Fsp3) is 0.417. The third kappa shape index (κ3) is 2.01. The maximum absolute atomic E-state index is 13.7. The molecule has 1 fully saturated rings. The molecule has 0 unspecified atom stereocenters. The number of nitrogens with zero attached hydrogens (tertiary/aromatic N) is 1. The lowest BCUT2D eigenvalue weighted by atomic mass is 10.2. The van der Waals surface area contributed by atoms with E-state index in [-0.39, 0.29) is 5.56 Å². The van der Waals surface area contributed by atoms with Gasteiger partial charge in [-0.2, -0.15) is 0 Å². The zero-order valence-corrected chi connectivity index (χ0v) is 9.11. The second-order valence-electron chi connectivity index (χ2n) is 3.99. The van der Waals surface area contributed by atoms with E-state index < -0.39 is 11.8 Å². The molecule has 4 heteroatoms. The van der Waals surface area contributed by atoms with Gasteiger partial charge in [-0.05, 0) is 38.0 Å². The molecule has 2 rings (SSSR count). The molecule has 86 valence electrons. The number of halogens is 1. The summed E-state index contributed by atoms with van der Waals surface area (Å²) < 4.78 is 13.7. The molecule has 1 aromatic carbocycles. The molecule has 0 bridgehead atoms. The van der Waals surface area contributed by atoms with Gasteiger partial charge in [0.05, 0.1) is 11.3 Å². The Hall–Kier alpha value is -1.58. The van der Waals surface area contributed by atoms with Gasteiger partial charge in [0.1, 0.15) is 5.82 Å². The summed E-state index contributed by atoms with van der Waals surface area (Å²) in [4.78, 5) is 12.7. The highest BCUT2D eigenvalue weighted by Gasteiger charge is 2.29. The SMILES string of the molecule is CCN(c1ccc(C(=O)O)cc1F)C1CC1. The topological polar surface area (TPSA) is 40.5 Å². The Bertz CT molecular complexity index is 415. The van der Waals surface area contributed by atoms with Crippen LogP contribution in [0.3, 0.4) is 0 Å². The van der Waals surface area contributed by atoms with Crippen LogP contribution in [0.1, 0.15) is 30.1 Å². The van der Waals surface area contributed by atoms with Crippen LogP contribution >= 0.6 is 0 Å². The fourth-order valence-corrected chi connectivity index (χ4v) is 1.88. The summed E-state index contributed by atoms with van der Waals surface area (Å²) in [5, 5.41) is 8.74. The average Bonchev–Trinajstić information content (AvgIpc) is 3.05. The van der Waals surface area contributed by atoms with Crippen molar-refractivity contribution in [1.82, 2.24) is 0 Å². The molecule has 1 aliphatic rings. The number of aromatic carboxylic acids is 1. The summed E-state index contributed by atoms with van der Waals surface area (Å²) in [6, 6.07) is 4.52. The van der Waals surface area contributed by atoms with Gasteiger partial charge in [0, 0.05) is 12.6 Å². The Kier molecular flexibility index (Phi) is 2.81. The number of carbonyl (C=O) groups is 1. The molecule has 16 heavy (non-hydrogen) atoms. The molecular formula is C12H14FNO2. The summed E-state index contributed by atoms with van der Waals surface area (Å²) in [7, 11) is 0. The van der Waals surface area contributed by atoms with Gasteiger partial charge in [0.2, 0.25) is 0 Å². The number of hydrogen-bond donors (Lipinski definition) is 1. The van der Waals surface area contributed by atoms with E-state index in [1.54, 1.807) is 6.07 Å². The molecule has 1 aliphatic carbocycles. The van der Waals surface area contributed by atoms with Crippen molar-refractivity contribution in [3.05, 3.63) is 29.6 Å². The van der Waals surface area contributed by atoms with Crippen LogP contribution in [-0.4, -0.2) is 23.7 Å². The third-order valence-corrected chi connectivity index (χ3v) is 2.83. The van der Waals surface area contributed by atoms with E-state index in [4.69, 9.17) is 5.11 Å². The molecule has 0 saturated heterocycles. The molecule has 0 atom stereocenters. The van der Waals surface area contributed by atoms with Crippen molar-refractivity contribution in [2.24, 2.45) is 0 Å². The minimum atomic E-state index is -1.10. The Morgan fingerprint density at radius 3 is 2.69 bits per heavy atom. The minimum absolute atomic E-state index is 0.00639. The van der Waals surface area contributed by atoms with Crippen LogP contribution in [0, 0.1) is 5.82 Å². The highest BCUT2D eigenvalue weighted by Crippen LogP contribution is 2.33. The van der Waals surface area contributed by atoms with E-state index in [1.807, 2.05) is 11.8 Å². The Labute approximate surface area is 93.5 Å². The van der Waals surface area contributed by atoms with Crippen molar-refractivity contribution in [2.45, 2.75) is 25.8 Å². The zero-order valence-electron chi connectivity index (χ0n) is 9.11. The number of carboxylic acid groups (broad SMARTS) is 1. The van der Waals surface area contributed by atoms with E-state index in [0.717, 1.165) is 25.5 Å². The molecule has 0 spiro atoms. The lowest BCUT2D eigenvalue weighted by Crippen LogP contribution is -2.26. The predicted octanol–water partition coefficient (Wildman–Crippen LogP) is 2.51. The highest BCUT2D eigenvalue weighted by molar-refractivity contribution is 5.88. The van der Waals surface area contributed by atoms with Crippen LogP contribution in [0.2, 0.25) is 0 Å². The van der Waals surface area contributed by atoms with E-state index in [9.17, 15) is 9.18 Å². The summed E-state index contributed by atoms with van der Waals surface area (Å²) in [6.45, 7) is 2.72. The number of rotatable bonds is 4. The predicted molar refractivity (Wildman–Crippen MR) is 59.4 cm³/mol. The van der Waals surface area contributed by atoms with Crippen molar-refractivity contribution in [3.63, 3.8) is 0 Å². The summed E-state index contributed by atoms with van der Waals surface area (Å²) in [6.07, 6.45) is 2.18. The standard InChI is InChI=1S/C12H14FNO2/c1-2-14(9-4-5-9)11-6-3-8(12(15)16)7-10(11)13/h3,6-7,9H,2,4-5H2,1H3,(H,15,16). The van der Waals surface area contributed by atoms with Crippen LogP contribution in [0.15, 0.2) is 18.2 Å². The molecule has 1 N–H and O–H groups in total. The van der Waals surface area contributed by atoms with Gasteiger partial charge in [0.25, 0.3) is 0 Å². The van der Waals surface area contributed by atoms with Gasteiger partial charge in [0.15, 0.2) is 0 Å². The largest absolute Gasteiger partial charge is 0.478 e. The van der Waals surface area contributed by atoms with Crippen molar-refractivity contribution < 1.29 is 14.3 Å². The quantitative estimate of drug-likeness (QED) is 0.852. The first-order valence-corrected chi connectivity index (χ1v) is 5.43. The van der Waals surface area contributed by atoms with E-state index in [2.05, 4.69) is 0 Å². The second-order valence-corrected chi connectivity index (χ2v) is 3.99. The highest BCUT2D eigenvalue weighted by atomic mass is 19.1. The van der Waals surface area contributed by atoms with Gasteiger partial charge in [-0.1, -0.05) is 0 Å². The van der Waals surface area contributed by atoms with Crippen LogP contribution in [0.25, 0.3) is 0 Å². The van der Waals surface area contributed by atoms with Crippen molar-refractivity contribution in [3.8, 4) is 0 Å². The Balaban J connectivity index is 2.30. The molecule has 0 radical (unpaired) electrons. The first-order valence-electron chi connectivity index (χ1n) is 5.43. The van der Waals surface area contributed by atoms with E-state index in [1.165, 1.54) is 6.07 Å². The Morgan fingerprint density at radius 1 is 1.56 bits per heavy atom. The van der Waals surface area contributed by atoms with Crippen LogP contribution in [0.5, 0.6) is 0 Å². The Morgan fingerprint density at radius 2 is 2.25 bits per heavy atom. The van der Waals surface area contributed by atoms with Gasteiger partial charge < -0.3 is 10.0 Å². The third-order valence-electron chi connectivity index (χ3n) is 2.83. The fourth-order valence-electron chi connectivity index (χ4n) is 1.88.